The molecule has 18 heavy (non-hydrogen) atoms. The molecule has 4 N–H and O–H groups in total. The average Bonchev–Trinajstić information content (AvgIpc) is 2.22. The molecule has 0 aliphatic carbocycles. The molecule has 6 heteroatoms. The van der Waals surface area contributed by atoms with Gasteiger partial charge in [-0.05, 0) is 26.9 Å². The second-order valence-corrected chi connectivity index (χ2v) is 4.96. The Bertz CT molecular complexity index is 219. The molecule has 2 atom stereocenters. The van der Waals surface area contributed by atoms with E-state index in [-0.39, 0.29) is 6.54 Å². The van der Waals surface area contributed by atoms with Crippen LogP contribution in [0.25, 0.3) is 0 Å². The maximum absolute atomic E-state index is 10.1. The Morgan fingerprint density at radius 3 is 1.94 bits per heavy atom. The van der Waals surface area contributed by atoms with Crippen LogP contribution >= 0.6 is 0 Å². The van der Waals surface area contributed by atoms with Gasteiger partial charge in [-0.25, -0.2) is 0 Å². The number of aliphatic hydroxyl groups excluding tert-OH is 2. The molecule has 0 radical (unpaired) electrons. The van der Waals surface area contributed by atoms with Crippen LogP contribution < -0.4 is 0 Å². The zero-order valence-corrected chi connectivity index (χ0v) is 11.9. The van der Waals surface area contributed by atoms with Crippen molar-refractivity contribution in [2.75, 3.05) is 32.7 Å². The lowest BCUT2D eigenvalue weighted by molar-refractivity contribution is -0.177. The van der Waals surface area contributed by atoms with Crippen LogP contribution in [0.5, 0.6) is 0 Å². The predicted molar refractivity (Wildman–Crippen MR) is 69.9 cm³/mol. The van der Waals surface area contributed by atoms with Gasteiger partial charge in [0.2, 0.25) is 0 Å². The van der Waals surface area contributed by atoms with Gasteiger partial charge in [-0.1, -0.05) is 13.8 Å². The highest BCUT2D eigenvalue weighted by atomic mass is 16.5. The normalized spacial score (nSPS) is 16.3. The average molecular weight is 264 g/mol. The molecule has 0 aromatic carbocycles. The van der Waals surface area contributed by atoms with Crippen molar-refractivity contribution >= 4 is 0 Å². The summed E-state index contributed by atoms with van der Waals surface area (Å²) in [5, 5.41) is 38.1. The third-order valence-electron chi connectivity index (χ3n) is 2.72. The molecule has 0 heterocycles. The lowest BCUT2D eigenvalue weighted by Crippen LogP contribution is -2.50. The number of aliphatic hydroxyl groups is 4. The molecule has 0 aromatic heterocycles. The van der Waals surface area contributed by atoms with Gasteiger partial charge in [0, 0.05) is 13.1 Å². The van der Waals surface area contributed by atoms with Crippen LogP contribution in [0.15, 0.2) is 0 Å². The first kappa shape index (κ1) is 17.8. The van der Waals surface area contributed by atoms with E-state index in [4.69, 9.17) is 0 Å². The number of rotatable bonds is 9. The van der Waals surface area contributed by atoms with Gasteiger partial charge in [-0.15, -0.1) is 0 Å². The lowest BCUT2D eigenvalue weighted by atomic mass is 10.2. The summed E-state index contributed by atoms with van der Waals surface area (Å²) < 4.78 is 0. The number of hydrogen-bond acceptors (Lipinski definition) is 6. The second kappa shape index (κ2) is 8.04. The van der Waals surface area contributed by atoms with Crippen molar-refractivity contribution in [3.8, 4) is 0 Å². The third-order valence-corrected chi connectivity index (χ3v) is 2.72. The highest BCUT2D eigenvalue weighted by Crippen LogP contribution is 2.06. The Kier molecular flexibility index (Phi) is 7.93. The third kappa shape index (κ3) is 7.97. The minimum Gasteiger partial charge on any atom is -0.392 e. The van der Waals surface area contributed by atoms with Gasteiger partial charge in [0.15, 0.2) is 5.79 Å². The van der Waals surface area contributed by atoms with E-state index in [0.717, 1.165) is 6.54 Å². The SMILES string of the molecule is CCN(C[C@@H](C)O)C[C@H](O)N(CC)CC(C)(O)O. The fourth-order valence-electron chi connectivity index (χ4n) is 1.87. The summed E-state index contributed by atoms with van der Waals surface area (Å²) >= 11 is 0. The van der Waals surface area contributed by atoms with Crippen molar-refractivity contribution < 1.29 is 20.4 Å². The summed E-state index contributed by atoms with van der Waals surface area (Å²) in [5.41, 5.74) is 0. The van der Waals surface area contributed by atoms with Gasteiger partial charge in [0.05, 0.1) is 12.6 Å². The van der Waals surface area contributed by atoms with Gasteiger partial charge >= 0.3 is 0 Å². The van der Waals surface area contributed by atoms with E-state index in [2.05, 4.69) is 0 Å². The quantitative estimate of drug-likeness (QED) is 0.401. The van der Waals surface area contributed by atoms with E-state index in [1.54, 1.807) is 11.8 Å². The van der Waals surface area contributed by atoms with Gasteiger partial charge < -0.3 is 20.4 Å². The molecule has 0 saturated heterocycles. The van der Waals surface area contributed by atoms with Crippen molar-refractivity contribution in [3.63, 3.8) is 0 Å². The summed E-state index contributed by atoms with van der Waals surface area (Å²) in [5.74, 6) is -1.82. The summed E-state index contributed by atoms with van der Waals surface area (Å²) in [4.78, 5) is 3.51. The topological polar surface area (TPSA) is 87.4 Å². The predicted octanol–water partition coefficient (Wildman–Crippen LogP) is -0.970. The van der Waals surface area contributed by atoms with Crippen molar-refractivity contribution in [1.82, 2.24) is 9.80 Å². The molecule has 6 nitrogen and oxygen atoms in total. The monoisotopic (exact) mass is 264 g/mol. The van der Waals surface area contributed by atoms with E-state index < -0.39 is 18.1 Å². The van der Waals surface area contributed by atoms with Crippen molar-refractivity contribution in [3.05, 3.63) is 0 Å². The maximum Gasteiger partial charge on any atom is 0.172 e. The largest absolute Gasteiger partial charge is 0.392 e. The lowest BCUT2D eigenvalue weighted by Gasteiger charge is -2.34. The number of nitrogens with zero attached hydrogens (tertiary/aromatic N) is 2. The molecule has 0 spiro atoms. The first-order chi connectivity index (χ1) is 8.19. The molecule has 0 aliphatic heterocycles. The molecule has 110 valence electrons. The Hall–Kier alpha value is -0.240. The van der Waals surface area contributed by atoms with Crippen LogP contribution in [0.3, 0.4) is 0 Å². The zero-order valence-electron chi connectivity index (χ0n) is 11.9. The van der Waals surface area contributed by atoms with E-state index in [1.165, 1.54) is 6.92 Å². The highest BCUT2D eigenvalue weighted by molar-refractivity contribution is 4.71. The van der Waals surface area contributed by atoms with E-state index in [9.17, 15) is 20.4 Å². The summed E-state index contributed by atoms with van der Waals surface area (Å²) in [6, 6.07) is 0. The Morgan fingerprint density at radius 2 is 1.61 bits per heavy atom. The van der Waals surface area contributed by atoms with E-state index in [0.29, 0.717) is 19.6 Å². The Labute approximate surface area is 109 Å². The molecule has 0 fully saturated rings. The van der Waals surface area contributed by atoms with Crippen molar-refractivity contribution in [2.24, 2.45) is 0 Å². The second-order valence-electron chi connectivity index (χ2n) is 4.96. The van der Waals surface area contributed by atoms with Crippen LogP contribution in [0.2, 0.25) is 0 Å². The standard InChI is InChI=1S/C12H28N2O4/c1-5-13(7-10(3)15)8-11(16)14(6-2)9-12(4,17)18/h10-11,15-18H,5-9H2,1-4H3/t10-,11+/m1/s1. The van der Waals surface area contributed by atoms with Crippen LogP contribution in [0.1, 0.15) is 27.7 Å². The summed E-state index contributed by atoms with van der Waals surface area (Å²) in [6.45, 7) is 8.86. The molecule has 0 aliphatic rings. The minimum absolute atomic E-state index is 0.0170. The molecule has 0 aromatic rings. The number of hydrogen-bond donors (Lipinski definition) is 4. The van der Waals surface area contributed by atoms with E-state index in [1.807, 2.05) is 18.7 Å². The van der Waals surface area contributed by atoms with Crippen molar-refractivity contribution in [2.45, 2.75) is 45.8 Å². The van der Waals surface area contributed by atoms with Gasteiger partial charge in [-0.3, -0.25) is 9.80 Å². The molecule has 0 rings (SSSR count). The molecule has 0 unspecified atom stereocenters. The highest BCUT2D eigenvalue weighted by Gasteiger charge is 2.25. The van der Waals surface area contributed by atoms with Crippen molar-refractivity contribution in [1.29, 1.82) is 0 Å². The van der Waals surface area contributed by atoms with Crippen LogP contribution in [-0.2, 0) is 0 Å². The molecule has 0 amide bonds. The molecular formula is C12H28N2O4. The summed E-state index contributed by atoms with van der Waals surface area (Å²) in [6.07, 6.45) is -1.24. The maximum atomic E-state index is 10.1. The molecule has 0 saturated carbocycles. The summed E-state index contributed by atoms with van der Waals surface area (Å²) in [7, 11) is 0. The first-order valence-corrected chi connectivity index (χ1v) is 6.46. The minimum atomic E-state index is -1.82. The molecular weight excluding hydrogens is 236 g/mol. The Balaban J connectivity index is 4.36. The van der Waals surface area contributed by atoms with E-state index >= 15 is 0 Å². The zero-order chi connectivity index (χ0) is 14.3. The number of likely N-dealkylation sites (N-methyl/N-ethyl adjacent to an activating group) is 2. The fourth-order valence-corrected chi connectivity index (χ4v) is 1.87. The van der Waals surface area contributed by atoms with Gasteiger partial charge in [0.1, 0.15) is 6.23 Å². The Morgan fingerprint density at radius 1 is 1.06 bits per heavy atom. The smallest absolute Gasteiger partial charge is 0.172 e. The van der Waals surface area contributed by atoms with Gasteiger partial charge in [-0.2, -0.15) is 0 Å². The van der Waals surface area contributed by atoms with Crippen LogP contribution in [0.4, 0.5) is 0 Å². The van der Waals surface area contributed by atoms with Gasteiger partial charge in [0.25, 0.3) is 0 Å². The fraction of sp³-hybridized carbons (Fsp3) is 1.00. The molecule has 0 bridgehead atoms. The van der Waals surface area contributed by atoms with Crippen LogP contribution in [0, 0.1) is 0 Å². The first-order valence-electron chi connectivity index (χ1n) is 6.46. The van der Waals surface area contributed by atoms with Crippen LogP contribution in [-0.4, -0.2) is 81.1 Å².